The Kier molecular flexibility index (Phi) is 4.36. The first-order valence-electron chi connectivity index (χ1n) is 8.61. The molecule has 1 aliphatic heterocycles. The highest BCUT2D eigenvalue weighted by Crippen LogP contribution is 2.54. The molecule has 1 saturated heterocycles. The van der Waals surface area contributed by atoms with Crippen LogP contribution in [0.2, 0.25) is 0 Å². The van der Waals surface area contributed by atoms with E-state index in [0.717, 1.165) is 19.4 Å². The Balaban J connectivity index is 1.49. The summed E-state index contributed by atoms with van der Waals surface area (Å²) in [6, 6.07) is 0. The molecule has 122 valence electrons. The second-order valence-electron chi connectivity index (χ2n) is 6.92. The summed E-state index contributed by atoms with van der Waals surface area (Å²) in [7, 11) is 1.68. The van der Waals surface area contributed by atoms with Gasteiger partial charge in [0.15, 0.2) is 6.29 Å². The average molecular weight is 306 g/mol. The lowest BCUT2D eigenvalue weighted by atomic mass is 9.73. The van der Waals surface area contributed by atoms with Gasteiger partial charge in [-0.2, -0.15) is 0 Å². The maximum absolute atomic E-state index is 6.32. The van der Waals surface area contributed by atoms with Crippen molar-refractivity contribution in [1.29, 1.82) is 0 Å². The van der Waals surface area contributed by atoms with E-state index in [1.807, 2.05) is 0 Å². The van der Waals surface area contributed by atoms with Crippen molar-refractivity contribution < 1.29 is 18.9 Å². The fraction of sp³-hybridized carbons (Fsp3) is 0.778. The Bertz CT molecular complexity index is 440. The molecule has 4 nitrogen and oxygen atoms in total. The molecule has 3 aliphatic carbocycles. The van der Waals surface area contributed by atoms with Crippen LogP contribution in [0.25, 0.3) is 0 Å². The van der Waals surface area contributed by atoms with E-state index >= 15 is 0 Å². The highest BCUT2D eigenvalue weighted by molar-refractivity contribution is 5.23. The lowest BCUT2D eigenvalue weighted by Gasteiger charge is -2.41. The zero-order valence-electron chi connectivity index (χ0n) is 13.2. The highest BCUT2D eigenvalue weighted by atomic mass is 16.7. The van der Waals surface area contributed by atoms with Crippen LogP contribution in [0.4, 0.5) is 0 Å². The molecule has 4 rings (SSSR count). The Morgan fingerprint density at radius 3 is 2.50 bits per heavy atom. The van der Waals surface area contributed by atoms with E-state index in [2.05, 4.69) is 24.3 Å². The van der Waals surface area contributed by atoms with E-state index in [9.17, 15) is 0 Å². The van der Waals surface area contributed by atoms with Crippen LogP contribution >= 0.6 is 0 Å². The van der Waals surface area contributed by atoms with E-state index in [-0.39, 0.29) is 18.5 Å². The molecule has 22 heavy (non-hydrogen) atoms. The minimum atomic E-state index is -0.0244. The third kappa shape index (κ3) is 2.67. The summed E-state index contributed by atoms with van der Waals surface area (Å²) in [5.74, 6) is 2.29. The predicted molar refractivity (Wildman–Crippen MR) is 82.1 cm³/mol. The van der Waals surface area contributed by atoms with Gasteiger partial charge in [0.1, 0.15) is 6.79 Å². The van der Waals surface area contributed by atoms with Crippen LogP contribution < -0.4 is 0 Å². The number of hydrogen-bond acceptors (Lipinski definition) is 4. The van der Waals surface area contributed by atoms with Gasteiger partial charge < -0.3 is 18.9 Å². The summed E-state index contributed by atoms with van der Waals surface area (Å²) in [4.78, 5) is 0. The van der Waals surface area contributed by atoms with Gasteiger partial charge in [-0.3, -0.25) is 0 Å². The van der Waals surface area contributed by atoms with Gasteiger partial charge in [-0.1, -0.05) is 24.3 Å². The molecule has 0 radical (unpaired) electrons. The van der Waals surface area contributed by atoms with E-state index < -0.39 is 0 Å². The van der Waals surface area contributed by atoms with E-state index in [4.69, 9.17) is 18.9 Å². The van der Waals surface area contributed by atoms with E-state index in [1.54, 1.807) is 7.11 Å². The van der Waals surface area contributed by atoms with Gasteiger partial charge in [0.2, 0.25) is 0 Å². The van der Waals surface area contributed by atoms with Gasteiger partial charge in [0.25, 0.3) is 0 Å². The van der Waals surface area contributed by atoms with Crippen LogP contribution in [0.3, 0.4) is 0 Å². The second kappa shape index (κ2) is 6.44. The molecule has 0 aromatic heterocycles. The molecule has 0 N–H and O–H groups in total. The summed E-state index contributed by atoms with van der Waals surface area (Å²) in [5, 5.41) is 0. The van der Waals surface area contributed by atoms with Gasteiger partial charge in [-0.25, -0.2) is 0 Å². The first-order chi connectivity index (χ1) is 10.9. The van der Waals surface area contributed by atoms with Gasteiger partial charge in [0, 0.05) is 25.6 Å². The summed E-state index contributed by atoms with van der Waals surface area (Å²) in [5.41, 5.74) is 0. The minimum absolute atomic E-state index is 0.0244. The molecule has 1 heterocycles. The normalized spacial score (nSPS) is 46.1. The number of methoxy groups -OCH3 is 1. The Morgan fingerprint density at radius 2 is 1.77 bits per heavy atom. The van der Waals surface area contributed by atoms with Crippen molar-refractivity contribution in [2.24, 2.45) is 23.7 Å². The fourth-order valence-corrected chi connectivity index (χ4v) is 4.74. The molecule has 0 aromatic rings. The molecule has 2 fully saturated rings. The number of fused-ring (bicyclic) bond motifs is 5. The van der Waals surface area contributed by atoms with Crippen molar-refractivity contribution in [2.45, 2.75) is 44.2 Å². The third-order valence-electron chi connectivity index (χ3n) is 5.66. The quantitative estimate of drug-likeness (QED) is 0.578. The second-order valence-corrected chi connectivity index (χ2v) is 6.92. The first kappa shape index (κ1) is 14.9. The standard InChI is InChI=1S/C18H26O4/c1-19-11-21-14-7-8-15(22-16-4-2-3-9-20-16)18-13-6-5-12(10-13)17(14)18/h5-8,12-18H,2-4,9-11H2,1H3/t12-,13+,14+,15-,16?,17+,18-/m1/s1. The lowest BCUT2D eigenvalue weighted by Crippen LogP contribution is -2.44. The molecule has 0 amide bonds. The third-order valence-corrected chi connectivity index (χ3v) is 5.66. The smallest absolute Gasteiger partial charge is 0.158 e. The number of rotatable bonds is 5. The maximum Gasteiger partial charge on any atom is 0.158 e. The van der Waals surface area contributed by atoms with Crippen LogP contribution in [-0.4, -0.2) is 39.0 Å². The molecule has 7 atom stereocenters. The van der Waals surface area contributed by atoms with Gasteiger partial charge in [0.05, 0.1) is 12.2 Å². The number of hydrogen-bond donors (Lipinski definition) is 0. The molecule has 0 spiro atoms. The Labute approximate surface area is 132 Å². The van der Waals surface area contributed by atoms with Crippen LogP contribution in [0.5, 0.6) is 0 Å². The van der Waals surface area contributed by atoms with Gasteiger partial charge in [-0.15, -0.1) is 0 Å². The first-order valence-corrected chi connectivity index (χ1v) is 8.61. The predicted octanol–water partition coefficient (Wildman–Crippen LogP) is 2.90. The van der Waals surface area contributed by atoms with Crippen LogP contribution in [0, 0.1) is 23.7 Å². The van der Waals surface area contributed by atoms with Crippen molar-refractivity contribution in [3.63, 3.8) is 0 Å². The van der Waals surface area contributed by atoms with Crippen LogP contribution in [-0.2, 0) is 18.9 Å². The average Bonchev–Trinajstić information content (AvgIpc) is 3.17. The molecule has 1 saturated carbocycles. The van der Waals surface area contributed by atoms with Crippen LogP contribution in [0.1, 0.15) is 25.7 Å². The van der Waals surface area contributed by atoms with Gasteiger partial charge in [-0.05, 0) is 37.5 Å². The summed E-state index contributed by atoms with van der Waals surface area (Å²) in [6.07, 6.45) is 14.1. The molecule has 1 unspecified atom stereocenters. The lowest BCUT2D eigenvalue weighted by molar-refractivity contribution is -0.199. The van der Waals surface area contributed by atoms with Crippen molar-refractivity contribution in [1.82, 2.24) is 0 Å². The highest BCUT2D eigenvalue weighted by Gasteiger charge is 2.52. The van der Waals surface area contributed by atoms with Crippen molar-refractivity contribution in [3.8, 4) is 0 Å². The van der Waals surface area contributed by atoms with E-state index in [0.29, 0.717) is 30.5 Å². The van der Waals surface area contributed by atoms with Crippen LogP contribution in [0.15, 0.2) is 24.3 Å². The summed E-state index contributed by atoms with van der Waals surface area (Å²) < 4.78 is 23.1. The number of allylic oxidation sites excluding steroid dienone is 2. The minimum Gasteiger partial charge on any atom is -0.359 e. The maximum atomic E-state index is 6.32. The zero-order valence-corrected chi connectivity index (χ0v) is 13.2. The number of ether oxygens (including phenoxy) is 4. The Hall–Kier alpha value is -0.680. The summed E-state index contributed by atoms with van der Waals surface area (Å²) in [6.45, 7) is 1.19. The Morgan fingerprint density at radius 1 is 1.00 bits per heavy atom. The molecule has 2 bridgehead atoms. The SMILES string of the molecule is COCO[C@H]1C=C[C@@H](OC2CCCCO2)[C@@H]2[C@H]1[C@@H]1C=C[C@H]2C1. The zero-order chi connectivity index (χ0) is 14.9. The molecule has 4 aliphatic rings. The van der Waals surface area contributed by atoms with Crippen molar-refractivity contribution >= 4 is 0 Å². The largest absolute Gasteiger partial charge is 0.359 e. The van der Waals surface area contributed by atoms with E-state index in [1.165, 1.54) is 12.8 Å². The summed E-state index contributed by atoms with van der Waals surface area (Å²) >= 11 is 0. The topological polar surface area (TPSA) is 36.9 Å². The fourth-order valence-electron chi connectivity index (χ4n) is 4.74. The molecule has 4 heteroatoms. The van der Waals surface area contributed by atoms with Crippen molar-refractivity contribution in [3.05, 3.63) is 24.3 Å². The molecular formula is C18H26O4. The van der Waals surface area contributed by atoms with Gasteiger partial charge >= 0.3 is 0 Å². The molecule has 0 aromatic carbocycles. The monoisotopic (exact) mass is 306 g/mol. The van der Waals surface area contributed by atoms with Crippen molar-refractivity contribution in [2.75, 3.05) is 20.5 Å². The molecular weight excluding hydrogens is 280 g/mol.